The Kier molecular flexibility index (Phi) is 4.91. The lowest BCUT2D eigenvalue weighted by molar-refractivity contribution is -0.890. The van der Waals surface area contributed by atoms with Crippen LogP contribution in [0.5, 0.6) is 5.75 Å². The highest BCUT2D eigenvalue weighted by molar-refractivity contribution is 5.83. The number of likely N-dealkylation sites (N-methyl/N-ethyl adjacent to an activating group) is 1. The zero-order valence-corrected chi connectivity index (χ0v) is 12.0. The van der Waals surface area contributed by atoms with E-state index in [1.807, 2.05) is 24.3 Å². The number of para-hydroxylation sites is 1. The second-order valence-electron chi connectivity index (χ2n) is 5.09. The maximum Gasteiger partial charge on any atom is 0.132 e. The van der Waals surface area contributed by atoms with E-state index in [0.717, 1.165) is 5.56 Å². The van der Waals surface area contributed by atoms with E-state index in [0.29, 0.717) is 12.6 Å². The van der Waals surface area contributed by atoms with E-state index >= 15 is 0 Å². The smallest absolute Gasteiger partial charge is 0.132 e. The molecule has 0 spiro atoms. The lowest BCUT2D eigenvalue weighted by Crippen LogP contribution is -3.06. The van der Waals surface area contributed by atoms with E-state index in [1.165, 1.54) is 10.5 Å². The molecule has 0 aliphatic rings. The van der Waals surface area contributed by atoms with Crippen molar-refractivity contribution >= 4 is 6.21 Å². The van der Waals surface area contributed by atoms with Crippen molar-refractivity contribution in [2.24, 2.45) is 4.99 Å². The molecule has 0 saturated heterocycles. The van der Waals surface area contributed by atoms with Gasteiger partial charge in [0.2, 0.25) is 0 Å². The number of nitrogens with one attached hydrogen (secondary N) is 1. The quantitative estimate of drug-likeness (QED) is 0.797. The van der Waals surface area contributed by atoms with E-state index in [-0.39, 0.29) is 5.75 Å². The Labute approximate surface area is 120 Å². The standard InChI is InChI=1S/C17H20N2O/c1-19(2)16(14-8-4-3-5-9-14)13-18-12-15-10-6-7-11-17(15)20/h3-12,16,20H,13H2,1-2H3/p+1/t16-/m0/s1. The van der Waals surface area contributed by atoms with E-state index < -0.39 is 0 Å². The highest BCUT2D eigenvalue weighted by Crippen LogP contribution is 2.13. The summed E-state index contributed by atoms with van der Waals surface area (Å²) in [6.45, 7) is 0.695. The van der Waals surface area contributed by atoms with Gasteiger partial charge in [-0.05, 0) is 12.1 Å². The van der Waals surface area contributed by atoms with Crippen LogP contribution in [0.1, 0.15) is 17.2 Å². The van der Waals surface area contributed by atoms with Gasteiger partial charge < -0.3 is 10.0 Å². The number of quaternary nitrogens is 1. The first kappa shape index (κ1) is 14.3. The molecule has 2 aromatic rings. The Morgan fingerprint density at radius 1 is 1.05 bits per heavy atom. The molecule has 3 heteroatoms. The van der Waals surface area contributed by atoms with Gasteiger partial charge in [0.1, 0.15) is 11.8 Å². The Hall–Kier alpha value is -2.13. The Morgan fingerprint density at radius 2 is 1.70 bits per heavy atom. The van der Waals surface area contributed by atoms with Gasteiger partial charge in [-0.3, -0.25) is 4.99 Å². The normalized spacial score (nSPS) is 12.9. The molecule has 2 aromatic carbocycles. The lowest BCUT2D eigenvalue weighted by atomic mass is 10.1. The van der Waals surface area contributed by atoms with Crippen LogP contribution in [0.25, 0.3) is 0 Å². The average Bonchev–Trinajstić information content (AvgIpc) is 2.46. The van der Waals surface area contributed by atoms with Crippen LogP contribution in [-0.2, 0) is 0 Å². The number of aliphatic imine (C=N–C) groups is 1. The number of hydrogen-bond acceptors (Lipinski definition) is 2. The summed E-state index contributed by atoms with van der Waals surface area (Å²) in [7, 11) is 4.26. The largest absolute Gasteiger partial charge is 0.507 e. The predicted molar refractivity (Wildman–Crippen MR) is 82.6 cm³/mol. The van der Waals surface area contributed by atoms with Crippen LogP contribution in [0, 0.1) is 0 Å². The minimum absolute atomic E-state index is 0.268. The fourth-order valence-electron chi connectivity index (χ4n) is 2.16. The van der Waals surface area contributed by atoms with Crippen molar-refractivity contribution in [3.63, 3.8) is 0 Å². The zero-order valence-electron chi connectivity index (χ0n) is 12.0. The highest BCUT2D eigenvalue weighted by atomic mass is 16.3. The van der Waals surface area contributed by atoms with Gasteiger partial charge in [-0.1, -0.05) is 42.5 Å². The number of rotatable bonds is 5. The molecular formula is C17H21N2O+. The maximum absolute atomic E-state index is 9.71. The molecule has 1 atom stereocenters. The van der Waals surface area contributed by atoms with Gasteiger partial charge in [-0.25, -0.2) is 0 Å². The fraction of sp³-hybridized carbons (Fsp3) is 0.235. The summed E-state index contributed by atoms with van der Waals surface area (Å²) in [5, 5.41) is 9.71. The summed E-state index contributed by atoms with van der Waals surface area (Å²) in [5.74, 6) is 0.268. The number of phenolic OH excluding ortho intramolecular Hbond substituents is 1. The van der Waals surface area contributed by atoms with E-state index in [9.17, 15) is 5.11 Å². The van der Waals surface area contributed by atoms with Crippen molar-refractivity contribution in [3.05, 3.63) is 65.7 Å². The van der Waals surface area contributed by atoms with Crippen molar-refractivity contribution in [2.45, 2.75) is 6.04 Å². The van der Waals surface area contributed by atoms with Crippen molar-refractivity contribution in [1.29, 1.82) is 0 Å². The first-order valence-electron chi connectivity index (χ1n) is 6.81. The van der Waals surface area contributed by atoms with Gasteiger partial charge in [0.25, 0.3) is 0 Å². The molecule has 0 aromatic heterocycles. The number of aromatic hydroxyl groups is 1. The van der Waals surface area contributed by atoms with Gasteiger partial charge in [0.05, 0.1) is 20.6 Å². The minimum atomic E-state index is 0.268. The molecule has 0 saturated carbocycles. The highest BCUT2D eigenvalue weighted by Gasteiger charge is 2.16. The van der Waals surface area contributed by atoms with Crippen molar-refractivity contribution in [3.8, 4) is 5.75 Å². The second kappa shape index (κ2) is 6.87. The van der Waals surface area contributed by atoms with Crippen LogP contribution in [0.15, 0.2) is 59.6 Å². The van der Waals surface area contributed by atoms with Gasteiger partial charge in [-0.2, -0.15) is 0 Å². The first-order chi connectivity index (χ1) is 9.68. The van der Waals surface area contributed by atoms with E-state index in [2.05, 4.69) is 43.4 Å². The molecule has 3 nitrogen and oxygen atoms in total. The van der Waals surface area contributed by atoms with Gasteiger partial charge in [-0.15, -0.1) is 0 Å². The zero-order chi connectivity index (χ0) is 14.4. The summed E-state index contributed by atoms with van der Waals surface area (Å²) in [6, 6.07) is 18.0. The molecule has 0 heterocycles. The Morgan fingerprint density at radius 3 is 2.35 bits per heavy atom. The Bertz CT molecular complexity index is 564. The molecule has 2 N–H and O–H groups in total. The lowest BCUT2D eigenvalue weighted by Gasteiger charge is -2.19. The molecule has 0 aliphatic carbocycles. The molecule has 0 bridgehead atoms. The number of benzene rings is 2. The molecule has 0 fully saturated rings. The molecule has 2 rings (SSSR count). The first-order valence-corrected chi connectivity index (χ1v) is 6.81. The Balaban J connectivity index is 2.09. The minimum Gasteiger partial charge on any atom is -0.507 e. The number of nitrogens with zero attached hydrogens (tertiary/aromatic N) is 1. The third-order valence-corrected chi connectivity index (χ3v) is 3.35. The summed E-state index contributed by atoms with van der Waals surface area (Å²) in [5.41, 5.74) is 2.04. The molecule has 0 radical (unpaired) electrons. The number of phenols is 1. The summed E-state index contributed by atoms with van der Waals surface area (Å²) < 4.78 is 0. The van der Waals surface area contributed by atoms with Crippen molar-refractivity contribution in [1.82, 2.24) is 0 Å². The van der Waals surface area contributed by atoms with Crippen LogP contribution >= 0.6 is 0 Å². The van der Waals surface area contributed by atoms with E-state index in [1.54, 1.807) is 12.3 Å². The summed E-state index contributed by atoms with van der Waals surface area (Å²) >= 11 is 0. The van der Waals surface area contributed by atoms with Gasteiger partial charge in [0.15, 0.2) is 0 Å². The molecule has 104 valence electrons. The second-order valence-corrected chi connectivity index (χ2v) is 5.09. The van der Waals surface area contributed by atoms with Crippen LogP contribution < -0.4 is 4.90 Å². The predicted octanol–water partition coefficient (Wildman–Crippen LogP) is 1.70. The van der Waals surface area contributed by atoms with Crippen LogP contribution in [-0.4, -0.2) is 32.0 Å². The third-order valence-electron chi connectivity index (χ3n) is 3.35. The van der Waals surface area contributed by atoms with Crippen LogP contribution in [0.4, 0.5) is 0 Å². The third kappa shape index (κ3) is 3.68. The van der Waals surface area contributed by atoms with Gasteiger partial charge in [0, 0.05) is 17.3 Å². The monoisotopic (exact) mass is 269 g/mol. The maximum atomic E-state index is 9.71. The summed E-state index contributed by atoms with van der Waals surface area (Å²) in [4.78, 5) is 5.83. The van der Waals surface area contributed by atoms with Crippen molar-refractivity contribution in [2.75, 3.05) is 20.6 Å². The van der Waals surface area contributed by atoms with Crippen LogP contribution in [0.3, 0.4) is 0 Å². The molecule has 0 aliphatic heterocycles. The molecule has 20 heavy (non-hydrogen) atoms. The molecule has 0 amide bonds. The summed E-state index contributed by atoms with van der Waals surface area (Å²) in [6.07, 6.45) is 1.74. The van der Waals surface area contributed by atoms with Gasteiger partial charge >= 0.3 is 0 Å². The van der Waals surface area contributed by atoms with E-state index in [4.69, 9.17) is 0 Å². The van der Waals surface area contributed by atoms with Crippen molar-refractivity contribution < 1.29 is 10.0 Å². The molecular weight excluding hydrogens is 248 g/mol. The SMILES string of the molecule is C[NH+](C)[C@@H](CN=Cc1ccccc1O)c1ccccc1. The fourth-order valence-corrected chi connectivity index (χ4v) is 2.16. The van der Waals surface area contributed by atoms with Crippen LogP contribution in [0.2, 0.25) is 0 Å². The number of hydrogen-bond donors (Lipinski definition) is 2. The average molecular weight is 269 g/mol. The molecule has 0 unspecified atom stereocenters. The topological polar surface area (TPSA) is 37.0 Å².